The van der Waals surface area contributed by atoms with Gasteiger partial charge in [-0.1, -0.05) is 6.92 Å². The third-order valence-corrected chi connectivity index (χ3v) is 5.52. The van der Waals surface area contributed by atoms with Crippen LogP contribution in [-0.4, -0.2) is 43.2 Å². The van der Waals surface area contributed by atoms with Crippen molar-refractivity contribution in [1.29, 1.82) is 0 Å². The first-order valence-corrected chi connectivity index (χ1v) is 9.46. The zero-order valence-corrected chi connectivity index (χ0v) is 14.9. The molecule has 0 saturated carbocycles. The van der Waals surface area contributed by atoms with Gasteiger partial charge >= 0.3 is 0 Å². The maximum atomic E-state index is 12.5. The number of fused-ring (bicyclic) bond motifs is 1. The number of carbonyl (C=O) groups is 1. The van der Waals surface area contributed by atoms with Crippen molar-refractivity contribution in [2.75, 3.05) is 26.3 Å². The lowest BCUT2D eigenvalue weighted by Crippen LogP contribution is -2.48. The highest BCUT2D eigenvalue weighted by Gasteiger charge is 2.24. The van der Waals surface area contributed by atoms with Crippen LogP contribution in [0.4, 0.5) is 0 Å². The van der Waals surface area contributed by atoms with E-state index in [9.17, 15) is 4.79 Å². The zero-order chi connectivity index (χ0) is 17.2. The van der Waals surface area contributed by atoms with Crippen LogP contribution in [0.2, 0.25) is 0 Å². The summed E-state index contributed by atoms with van der Waals surface area (Å²) in [6, 6.07) is 5.96. The molecule has 0 spiro atoms. The molecule has 1 aromatic heterocycles. The average Bonchev–Trinajstić information content (AvgIpc) is 3.13. The van der Waals surface area contributed by atoms with Gasteiger partial charge in [-0.2, -0.15) is 0 Å². The Morgan fingerprint density at radius 1 is 1.32 bits per heavy atom. The van der Waals surface area contributed by atoms with Crippen molar-refractivity contribution in [2.24, 2.45) is 5.92 Å². The number of nitrogens with one attached hydrogen (secondary N) is 2. The molecule has 1 saturated heterocycles. The number of aromatic nitrogens is 1. The van der Waals surface area contributed by atoms with Crippen molar-refractivity contribution in [3.8, 4) is 22.1 Å². The second-order valence-electron chi connectivity index (χ2n) is 6.45. The van der Waals surface area contributed by atoms with Gasteiger partial charge in [0.2, 0.25) is 0 Å². The Morgan fingerprint density at radius 3 is 3.00 bits per heavy atom. The van der Waals surface area contributed by atoms with E-state index in [2.05, 4.69) is 22.5 Å². The smallest absolute Gasteiger partial charge is 0.271 e. The second-order valence-corrected chi connectivity index (χ2v) is 7.30. The number of amides is 1. The standard InChI is InChI=1S/C18H21N3O3S/c1-11-9-19-5-4-13(11)20-17(22)14-10-25-18(21-14)12-2-3-15-16(8-12)24-7-6-23-15/h2-3,8,10-11,13,19H,4-7,9H2,1H3,(H,20,22). The summed E-state index contributed by atoms with van der Waals surface area (Å²) in [7, 11) is 0. The first-order chi connectivity index (χ1) is 12.2. The first kappa shape index (κ1) is 16.4. The van der Waals surface area contributed by atoms with Crippen LogP contribution >= 0.6 is 11.3 Å². The summed E-state index contributed by atoms with van der Waals surface area (Å²) < 4.78 is 11.2. The van der Waals surface area contributed by atoms with E-state index in [-0.39, 0.29) is 11.9 Å². The molecule has 2 aliphatic rings. The number of carbonyl (C=O) groups excluding carboxylic acids is 1. The van der Waals surface area contributed by atoms with Crippen molar-refractivity contribution >= 4 is 17.2 Å². The summed E-state index contributed by atoms with van der Waals surface area (Å²) in [4.78, 5) is 17.0. The van der Waals surface area contributed by atoms with E-state index in [0.717, 1.165) is 41.6 Å². The quantitative estimate of drug-likeness (QED) is 0.880. The van der Waals surface area contributed by atoms with Crippen molar-refractivity contribution in [3.63, 3.8) is 0 Å². The topological polar surface area (TPSA) is 72.5 Å². The number of nitrogens with zero attached hydrogens (tertiary/aromatic N) is 1. The molecule has 2 N–H and O–H groups in total. The summed E-state index contributed by atoms with van der Waals surface area (Å²) in [5.41, 5.74) is 1.41. The number of piperidine rings is 1. The highest BCUT2D eigenvalue weighted by atomic mass is 32.1. The van der Waals surface area contributed by atoms with Crippen molar-refractivity contribution in [1.82, 2.24) is 15.6 Å². The van der Waals surface area contributed by atoms with Crippen LogP contribution in [0.25, 0.3) is 10.6 Å². The molecule has 4 rings (SSSR count). The minimum atomic E-state index is -0.0983. The van der Waals surface area contributed by atoms with Crippen LogP contribution in [0.3, 0.4) is 0 Å². The van der Waals surface area contributed by atoms with Gasteiger partial charge in [0.05, 0.1) is 0 Å². The van der Waals surface area contributed by atoms with Gasteiger partial charge in [-0.25, -0.2) is 4.98 Å². The van der Waals surface area contributed by atoms with E-state index in [1.54, 1.807) is 0 Å². The Balaban J connectivity index is 1.49. The normalized spacial score (nSPS) is 22.4. The number of thiazole rings is 1. The van der Waals surface area contributed by atoms with Gasteiger partial charge in [-0.15, -0.1) is 11.3 Å². The van der Waals surface area contributed by atoms with Gasteiger partial charge < -0.3 is 20.1 Å². The molecule has 1 fully saturated rings. The molecule has 6 nitrogen and oxygen atoms in total. The molecule has 25 heavy (non-hydrogen) atoms. The molecule has 0 radical (unpaired) electrons. The molecule has 2 unspecified atom stereocenters. The van der Waals surface area contributed by atoms with Crippen LogP contribution < -0.4 is 20.1 Å². The molecule has 132 valence electrons. The molecule has 2 atom stereocenters. The van der Waals surface area contributed by atoms with Crippen molar-refractivity contribution < 1.29 is 14.3 Å². The van der Waals surface area contributed by atoms with Crippen LogP contribution in [0.5, 0.6) is 11.5 Å². The van der Waals surface area contributed by atoms with E-state index in [1.807, 2.05) is 23.6 Å². The molecular weight excluding hydrogens is 338 g/mol. The molecule has 0 bridgehead atoms. The number of hydrogen-bond acceptors (Lipinski definition) is 6. The predicted octanol–water partition coefficient (Wildman–Crippen LogP) is 2.31. The minimum Gasteiger partial charge on any atom is -0.486 e. The molecule has 1 aromatic carbocycles. The van der Waals surface area contributed by atoms with Gasteiger partial charge in [0, 0.05) is 17.0 Å². The maximum absolute atomic E-state index is 12.5. The Morgan fingerprint density at radius 2 is 2.16 bits per heavy atom. The molecule has 2 aliphatic heterocycles. The van der Waals surface area contributed by atoms with E-state index in [1.165, 1.54) is 11.3 Å². The van der Waals surface area contributed by atoms with E-state index in [4.69, 9.17) is 9.47 Å². The summed E-state index contributed by atoms with van der Waals surface area (Å²) in [6.45, 7) is 5.15. The fraction of sp³-hybridized carbons (Fsp3) is 0.444. The molecule has 7 heteroatoms. The Kier molecular flexibility index (Phi) is 4.59. The Labute approximate surface area is 150 Å². The highest BCUT2D eigenvalue weighted by Crippen LogP contribution is 2.35. The van der Waals surface area contributed by atoms with Gasteiger partial charge in [0.25, 0.3) is 5.91 Å². The second kappa shape index (κ2) is 7.01. The van der Waals surface area contributed by atoms with Crippen molar-refractivity contribution in [2.45, 2.75) is 19.4 Å². The SMILES string of the molecule is CC1CNCCC1NC(=O)c1csc(-c2ccc3c(c2)OCCO3)n1. The minimum absolute atomic E-state index is 0.0983. The molecule has 2 aromatic rings. The Hall–Kier alpha value is -2.12. The third kappa shape index (κ3) is 3.48. The summed E-state index contributed by atoms with van der Waals surface area (Å²) in [5.74, 6) is 1.81. The highest BCUT2D eigenvalue weighted by molar-refractivity contribution is 7.13. The lowest BCUT2D eigenvalue weighted by Gasteiger charge is -2.29. The van der Waals surface area contributed by atoms with Crippen LogP contribution in [0, 0.1) is 5.92 Å². The third-order valence-electron chi connectivity index (χ3n) is 4.63. The van der Waals surface area contributed by atoms with Gasteiger partial charge in [-0.05, 0) is 43.6 Å². The monoisotopic (exact) mass is 359 g/mol. The number of ether oxygens (including phenoxy) is 2. The zero-order valence-electron chi connectivity index (χ0n) is 14.1. The van der Waals surface area contributed by atoms with E-state index in [0.29, 0.717) is 24.8 Å². The predicted molar refractivity (Wildman–Crippen MR) is 96.4 cm³/mol. The molecule has 3 heterocycles. The maximum Gasteiger partial charge on any atom is 0.271 e. The number of benzene rings is 1. The van der Waals surface area contributed by atoms with Gasteiger partial charge in [0.15, 0.2) is 11.5 Å². The number of hydrogen-bond donors (Lipinski definition) is 2. The lowest BCUT2D eigenvalue weighted by molar-refractivity contribution is 0.0910. The molecular formula is C18H21N3O3S. The largest absolute Gasteiger partial charge is 0.486 e. The average molecular weight is 359 g/mol. The van der Waals surface area contributed by atoms with E-state index >= 15 is 0 Å². The summed E-state index contributed by atoms with van der Waals surface area (Å²) in [6.07, 6.45) is 0.950. The lowest BCUT2D eigenvalue weighted by atomic mass is 9.95. The molecule has 1 amide bonds. The van der Waals surface area contributed by atoms with E-state index < -0.39 is 0 Å². The Bertz CT molecular complexity index is 777. The van der Waals surface area contributed by atoms with Crippen LogP contribution in [0.15, 0.2) is 23.6 Å². The van der Waals surface area contributed by atoms with Crippen LogP contribution in [0.1, 0.15) is 23.8 Å². The molecule has 0 aliphatic carbocycles. The van der Waals surface area contributed by atoms with Gasteiger partial charge in [-0.3, -0.25) is 4.79 Å². The van der Waals surface area contributed by atoms with Crippen LogP contribution in [-0.2, 0) is 0 Å². The number of rotatable bonds is 3. The summed E-state index contributed by atoms with van der Waals surface area (Å²) in [5, 5.41) is 9.08. The fourth-order valence-electron chi connectivity index (χ4n) is 3.16. The fourth-order valence-corrected chi connectivity index (χ4v) is 3.95. The first-order valence-electron chi connectivity index (χ1n) is 8.58. The summed E-state index contributed by atoms with van der Waals surface area (Å²) >= 11 is 1.46. The van der Waals surface area contributed by atoms with Gasteiger partial charge in [0.1, 0.15) is 23.9 Å². The van der Waals surface area contributed by atoms with Crippen molar-refractivity contribution in [3.05, 3.63) is 29.3 Å².